The van der Waals surface area contributed by atoms with Crippen LogP contribution in [-0.4, -0.2) is 23.5 Å². The molecule has 2 aromatic rings. The molecule has 1 N–H and O–H groups in total. The minimum absolute atomic E-state index is 0.0904. The number of carbonyl (C=O) groups is 2. The summed E-state index contributed by atoms with van der Waals surface area (Å²) in [6.07, 6.45) is 6.15. The van der Waals surface area contributed by atoms with Gasteiger partial charge in [0.15, 0.2) is 11.7 Å². The largest absolute Gasteiger partial charge is 0.455 e. The zero-order chi connectivity index (χ0) is 17.2. The van der Waals surface area contributed by atoms with Crippen LogP contribution >= 0.6 is 11.3 Å². The van der Waals surface area contributed by atoms with E-state index in [0.717, 1.165) is 24.1 Å². The Morgan fingerprint density at radius 1 is 1.20 bits per heavy atom. The SMILES string of the molecule is O=C(COC(=O)[C@@H]1C[C@H]2C=C[C@@H]1C2)Nc1nc(-c2ccccc2)cs1. The molecule has 1 aromatic heterocycles. The number of hydrogen-bond acceptors (Lipinski definition) is 5. The lowest BCUT2D eigenvalue weighted by molar-refractivity contribution is -0.152. The molecule has 0 saturated heterocycles. The van der Waals surface area contributed by atoms with Crippen molar-refractivity contribution in [3.63, 3.8) is 0 Å². The number of rotatable bonds is 5. The molecule has 5 nitrogen and oxygen atoms in total. The van der Waals surface area contributed by atoms with Gasteiger partial charge in [0, 0.05) is 10.9 Å². The van der Waals surface area contributed by atoms with E-state index in [1.807, 2.05) is 35.7 Å². The van der Waals surface area contributed by atoms with E-state index in [2.05, 4.69) is 22.5 Å². The maximum Gasteiger partial charge on any atom is 0.310 e. The molecule has 6 heteroatoms. The molecule has 1 amide bonds. The molecule has 0 radical (unpaired) electrons. The van der Waals surface area contributed by atoms with Gasteiger partial charge in [-0.05, 0) is 24.7 Å². The van der Waals surface area contributed by atoms with Crippen LogP contribution in [0.1, 0.15) is 12.8 Å². The minimum Gasteiger partial charge on any atom is -0.455 e. The average Bonchev–Trinajstić information content (AvgIpc) is 3.37. The lowest BCUT2D eigenvalue weighted by Crippen LogP contribution is -2.26. The summed E-state index contributed by atoms with van der Waals surface area (Å²) in [7, 11) is 0. The van der Waals surface area contributed by atoms with Gasteiger partial charge in [-0.25, -0.2) is 4.98 Å². The van der Waals surface area contributed by atoms with Gasteiger partial charge in [0.2, 0.25) is 0 Å². The Kier molecular flexibility index (Phi) is 4.36. The second kappa shape index (κ2) is 6.80. The van der Waals surface area contributed by atoms with Crippen molar-refractivity contribution in [2.45, 2.75) is 12.8 Å². The molecule has 1 heterocycles. The summed E-state index contributed by atoms with van der Waals surface area (Å²) in [5.41, 5.74) is 1.81. The molecule has 4 rings (SSSR count). The zero-order valence-electron chi connectivity index (χ0n) is 13.6. The van der Waals surface area contributed by atoms with Gasteiger partial charge in [-0.3, -0.25) is 14.9 Å². The standard InChI is InChI=1S/C19H18N2O3S/c22-17(10-24-18(23)15-9-12-6-7-14(15)8-12)21-19-20-16(11-25-19)13-4-2-1-3-5-13/h1-7,11-12,14-15H,8-10H2,(H,20,21,22)/t12-,14+,15+/m0/s1. The first-order valence-corrected chi connectivity index (χ1v) is 9.23. The van der Waals surface area contributed by atoms with Gasteiger partial charge in [-0.15, -0.1) is 11.3 Å². The van der Waals surface area contributed by atoms with Crippen molar-refractivity contribution < 1.29 is 14.3 Å². The molecular formula is C19H18N2O3S. The van der Waals surface area contributed by atoms with E-state index in [-0.39, 0.29) is 30.3 Å². The van der Waals surface area contributed by atoms with Crippen molar-refractivity contribution in [3.05, 3.63) is 47.9 Å². The molecule has 0 aliphatic heterocycles. The van der Waals surface area contributed by atoms with Gasteiger partial charge in [0.05, 0.1) is 11.6 Å². The van der Waals surface area contributed by atoms with Gasteiger partial charge in [0.1, 0.15) is 0 Å². The normalized spacial score (nSPS) is 23.6. The van der Waals surface area contributed by atoms with E-state index in [1.165, 1.54) is 11.3 Å². The number of nitrogens with one attached hydrogen (secondary N) is 1. The number of thiazole rings is 1. The zero-order valence-corrected chi connectivity index (χ0v) is 14.4. The number of benzene rings is 1. The molecule has 25 heavy (non-hydrogen) atoms. The third-order valence-corrected chi connectivity index (χ3v) is 5.50. The Bertz CT molecular complexity index is 815. The number of aromatic nitrogens is 1. The summed E-state index contributed by atoms with van der Waals surface area (Å²) < 4.78 is 5.20. The number of anilines is 1. The van der Waals surface area contributed by atoms with Crippen LogP contribution in [-0.2, 0) is 14.3 Å². The summed E-state index contributed by atoms with van der Waals surface area (Å²) in [5, 5.41) is 5.08. The van der Waals surface area contributed by atoms with Crippen molar-refractivity contribution in [1.29, 1.82) is 0 Å². The van der Waals surface area contributed by atoms with Crippen LogP contribution < -0.4 is 5.32 Å². The fraction of sp³-hybridized carbons (Fsp3) is 0.316. The Morgan fingerprint density at radius 3 is 2.76 bits per heavy atom. The lowest BCUT2D eigenvalue weighted by Gasteiger charge is -2.16. The fourth-order valence-electron chi connectivity index (χ4n) is 3.52. The van der Waals surface area contributed by atoms with Crippen LogP contribution in [0.5, 0.6) is 0 Å². The summed E-state index contributed by atoms with van der Waals surface area (Å²) in [5.74, 6) is 0.0699. The molecule has 2 aliphatic carbocycles. The summed E-state index contributed by atoms with van der Waals surface area (Å²) >= 11 is 1.35. The van der Waals surface area contributed by atoms with Gasteiger partial charge in [-0.2, -0.15) is 0 Å². The number of allylic oxidation sites excluding steroid dienone is 2. The van der Waals surface area contributed by atoms with E-state index in [1.54, 1.807) is 0 Å². The molecule has 2 aliphatic rings. The van der Waals surface area contributed by atoms with Crippen molar-refractivity contribution in [1.82, 2.24) is 4.98 Å². The predicted octanol–water partition coefficient (Wildman–Crippen LogP) is 3.50. The Hall–Kier alpha value is -2.47. The van der Waals surface area contributed by atoms with E-state index in [0.29, 0.717) is 11.0 Å². The number of amides is 1. The highest BCUT2D eigenvalue weighted by molar-refractivity contribution is 7.14. The minimum atomic E-state index is -0.360. The van der Waals surface area contributed by atoms with Crippen molar-refractivity contribution in [2.24, 2.45) is 17.8 Å². The molecule has 0 spiro atoms. The van der Waals surface area contributed by atoms with Gasteiger partial charge in [0.25, 0.3) is 5.91 Å². The Balaban J connectivity index is 1.29. The number of hydrogen-bond donors (Lipinski definition) is 1. The summed E-state index contributed by atoms with van der Waals surface area (Å²) in [4.78, 5) is 28.5. The van der Waals surface area contributed by atoms with Crippen LogP contribution in [0.3, 0.4) is 0 Å². The fourth-order valence-corrected chi connectivity index (χ4v) is 4.26. The van der Waals surface area contributed by atoms with Gasteiger partial charge >= 0.3 is 5.97 Å². The second-order valence-corrected chi connectivity index (χ2v) is 7.30. The monoisotopic (exact) mass is 354 g/mol. The highest BCUT2D eigenvalue weighted by Crippen LogP contribution is 2.43. The average molecular weight is 354 g/mol. The smallest absolute Gasteiger partial charge is 0.310 e. The molecule has 128 valence electrons. The molecule has 1 saturated carbocycles. The third kappa shape index (κ3) is 3.49. The van der Waals surface area contributed by atoms with Crippen molar-refractivity contribution in [3.8, 4) is 11.3 Å². The highest BCUT2D eigenvalue weighted by Gasteiger charge is 2.40. The number of ether oxygens (including phenoxy) is 1. The van der Waals surface area contributed by atoms with Crippen LogP contribution in [0.25, 0.3) is 11.3 Å². The lowest BCUT2D eigenvalue weighted by atomic mass is 9.94. The van der Waals surface area contributed by atoms with E-state index >= 15 is 0 Å². The van der Waals surface area contributed by atoms with Crippen LogP contribution in [0.4, 0.5) is 5.13 Å². The van der Waals surface area contributed by atoms with Gasteiger partial charge in [-0.1, -0.05) is 42.5 Å². The Labute approximate surface area is 149 Å². The van der Waals surface area contributed by atoms with Crippen LogP contribution in [0.15, 0.2) is 47.9 Å². The van der Waals surface area contributed by atoms with E-state index < -0.39 is 0 Å². The van der Waals surface area contributed by atoms with Crippen LogP contribution in [0.2, 0.25) is 0 Å². The van der Waals surface area contributed by atoms with E-state index in [4.69, 9.17) is 4.74 Å². The molecular weight excluding hydrogens is 336 g/mol. The maximum atomic E-state index is 12.1. The first kappa shape index (κ1) is 16.0. The number of esters is 1. The molecule has 3 atom stereocenters. The second-order valence-electron chi connectivity index (χ2n) is 6.45. The predicted molar refractivity (Wildman–Crippen MR) is 96.0 cm³/mol. The summed E-state index contributed by atoms with van der Waals surface area (Å²) in [6.45, 7) is -0.267. The summed E-state index contributed by atoms with van der Waals surface area (Å²) in [6, 6.07) is 9.76. The molecule has 2 bridgehead atoms. The van der Waals surface area contributed by atoms with Gasteiger partial charge < -0.3 is 4.74 Å². The highest BCUT2D eigenvalue weighted by atomic mass is 32.1. The van der Waals surface area contributed by atoms with Crippen molar-refractivity contribution in [2.75, 3.05) is 11.9 Å². The Morgan fingerprint density at radius 2 is 2.04 bits per heavy atom. The topological polar surface area (TPSA) is 68.3 Å². The molecule has 1 fully saturated rings. The molecule has 0 unspecified atom stereocenters. The molecule has 1 aromatic carbocycles. The first-order chi connectivity index (χ1) is 12.2. The number of carbonyl (C=O) groups excluding carboxylic acids is 2. The van der Waals surface area contributed by atoms with E-state index in [9.17, 15) is 9.59 Å². The first-order valence-electron chi connectivity index (χ1n) is 8.35. The number of fused-ring (bicyclic) bond motifs is 2. The quantitative estimate of drug-likeness (QED) is 0.659. The number of nitrogens with zero attached hydrogens (tertiary/aromatic N) is 1. The maximum absolute atomic E-state index is 12.1. The third-order valence-electron chi connectivity index (χ3n) is 4.75. The van der Waals surface area contributed by atoms with Crippen LogP contribution in [0, 0.1) is 17.8 Å². The van der Waals surface area contributed by atoms with Crippen molar-refractivity contribution >= 4 is 28.3 Å².